The first kappa shape index (κ1) is 17.7. The number of nitriles is 1. The summed E-state index contributed by atoms with van der Waals surface area (Å²) in [6.45, 7) is 1.63. The van der Waals surface area contributed by atoms with Crippen LogP contribution in [0.3, 0.4) is 0 Å². The van der Waals surface area contributed by atoms with Crippen molar-refractivity contribution in [1.29, 1.82) is 5.26 Å². The summed E-state index contributed by atoms with van der Waals surface area (Å²) < 4.78 is 19.3. The van der Waals surface area contributed by atoms with Crippen molar-refractivity contribution in [3.63, 3.8) is 0 Å². The summed E-state index contributed by atoms with van der Waals surface area (Å²) in [5, 5.41) is 9.22. The smallest absolute Gasteiger partial charge is 0.251 e. The van der Waals surface area contributed by atoms with Crippen molar-refractivity contribution in [2.45, 2.75) is 37.9 Å². The van der Waals surface area contributed by atoms with Gasteiger partial charge in [-0.05, 0) is 49.8 Å². The molecule has 0 spiro atoms. The van der Waals surface area contributed by atoms with Crippen molar-refractivity contribution in [2.24, 2.45) is 5.92 Å². The Morgan fingerprint density at radius 1 is 1.28 bits per heavy atom. The number of benzene rings is 1. The van der Waals surface area contributed by atoms with Crippen LogP contribution in [-0.2, 0) is 9.53 Å². The number of carbonyl (C=O) groups excluding carboxylic acids is 1. The summed E-state index contributed by atoms with van der Waals surface area (Å²) in [5.41, 5.74) is 1.18. The van der Waals surface area contributed by atoms with Crippen LogP contribution in [0.1, 0.15) is 31.2 Å². The molecule has 2 heterocycles. The van der Waals surface area contributed by atoms with E-state index < -0.39 is 0 Å². The molecule has 2 fully saturated rings. The Kier molecular flexibility index (Phi) is 5.24. The largest absolute Gasteiger partial charge is 0.370 e. The van der Waals surface area contributed by atoms with Crippen LogP contribution in [0.5, 0.6) is 0 Å². The molecule has 0 radical (unpaired) electrons. The van der Waals surface area contributed by atoms with Gasteiger partial charge in [-0.1, -0.05) is 0 Å². The molecule has 0 unspecified atom stereocenters. The number of nitrogens with zero attached hydrogens (tertiary/aromatic N) is 3. The van der Waals surface area contributed by atoms with E-state index in [1.807, 2.05) is 0 Å². The summed E-state index contributed by atoms with van der Waals surface area (Å²) in [5.74, 6) is 0.0956. The Morgan fingerprint density at radius 2 is 2.00 bits per heavy atom. The van der Waals surface area contributed by atoms with Crippen molar-refractivity contribution in [2.75, 3.05) is 32.1 Å². The van der Waals surface area contributed by atoms with Crippen molar-refractivity contribution in [3.8, 4) is 6.07 Å². The molecule has 6 heteroatoms. The standard InChI is InChI=1S/C19H24FN3O2/c1-22(2)19(24)18-6-5-17(25-18)13-7-9-23(10-8-13)16-4-3-15(20)11-14(16)12-21/h3-4,11,13,17-18H,5-10H2,1-2H3/t17-,18+/m0/s1. The number of anilines is 1. The normalized spacial score (nSPS) is 24.2. The topological polar surface area (TPSA) is 56.6 Å². The molecule has 134 valence electrons. The summed E-state index contributed by atoms with van der Waals surface area (Å²) in [7, 11) is 3.51. The lowest BCUT2D eigenvalue weighted by molar-refractivity contribution is -0.141. The number of hydrogen-bond acceptors (Lipinski definition) is 4. The quantitative estimate of drug-likeness (QED) is 0.845. The van der Waals surface area contributed by atoms with Gasteiger partial charge in [-0.25, -0.2) is 4.39 Å². The first-order valence-corrected chi connectivity index (χ1v) is 8.81. The number of amides is 1. The second-order valence-electron chi connectivity index (χ2n) is 7.07. The lowest BCUT2D eigenvalue weighted by atomic mass is 9.89. The fourth-order valence-corrected chi connectivity index (χ4v) is 3.86. The van der Waals surface area contributed by atoms with Crippen LogP contribution in [-0.4, -0.2) is 50.2 Å². The fraction of sp³-hybridized carbons (Fsp3) is 0.579. The zero-order chi connectivity index (χ0) is 18.0. The summed E-state index contributed by atoms with van der Waals surface area (Å²) in [6.07, 6.45) is 3.46. The predicted molar refractivity (Wildman–Crippen MR) is 92.6 cm³/mol. The van der Waals surface area contributed by atoms with Gasteiger partial charge in [0.05, 0.1) is 17.4 Å². The first-order chi connectivity index (χ1) is 12.0. The molecular weight excluding hydrogens is 321 g/mol. The number of halogens is 1. The van der Waals surface area contributed by atoms with Crippen LogP contribution in [0.25, 0.3) is 0 Å². The molecule has 2 aliphatic rings. The van der Waals surface area contributed by atoms with Gasteiger partial charge in [0.2, 0.25) is 0 Å². The van der Waals surface area contributed by atoms with E-state index in [4.69, 9.17) is 4.74 Å². The molecule has 1 amide bonds. The minimum absolute atomic E-state index is 0.0462. The Morgan fingerprint density at radius 3 is 2.64 bits per heavy atom. The van der Waals surface area contributed by atoms with Crippen molar-refractivity contribution >= 4 is 11.6 Å². The van der Waals surface area contributed by atoms with Gasteiger partial charge in [-0.15, -0.1) is 0 Å². The molecule has 0 aliphatic carbocycles. The highest BCUT2D eigenvalue weighted by Crippen LogP contribution is 2.34. The molecule has 0 bridgehead atoms. The molecule has 2 atom stereocenters. The van der Waals surface area contributed by atoms with Crippen LogP contribution >= 0.6 is 0 Å². The Hall–Kier alpha value is -2.13. The van der Waals surface area contributed by atoms with Gasteiger partial charge in [0.15, 0.2) is 0 Å². The zero-order valence-electron chi connectivity index (χ0n) is 14.7. The SMILES string of the molecule is CN(C)C(=O)[C@H]1CC[C@@H](C2CCN(c3ccc(F)cc3C#N)CC2)O1. The van der Waals surface area contributed by atoms with Crippen molar-refractivity contribution < 1.29 is 13.9 Å². The van der Waals surface area contributed by atoms with E-state index in [1.165, 1.54) is 12.1 Å². The first-order valence-electron chi connectivity index (χ1n) is 8.81. The average Bonchev–Trinajstić information content (AvgIpc) is 3.11. The van der Waals surface area contributed by atoms with Gasteiger partial charge in [0.25, 0.3) is 5.91 Å². The van der Waals surface area contributed by atoms with E-state index in [1.54, 1.807) is 25.1 Å². The van der Waals surface area contributed by atoms with Crippen molar-refractivity contribution in [3.05, 3.63) is 29.6 Å². The summed E-state index contributed by atoms with van der Waals surface area (Å²) >= 11 is 0. The number of hydrogen-bond donors (Lipinski definition) is 0. The van der Waals surface area contributed by atoms with Crippen molar-refractivity contribution in [1.82, 2.24) is 4.90 Å². The van der Waals surface area contributed by atoms with Gasteiger partial charge >= 0.3 is 0 Å². The van der Waals surface area contributed by atoms with E-state index in [0.717, 1.165) is 44.5 Å². The van der Waals surface area contributed by atoms with Crippen LogP contribution in [0, 0.1) is 23.1 Å². The number of carbonyl (C=O) groups is 1. The molecule has 5 nitrogen and oxygen atoms in total. The predicted octanol–water partition coefficient (Wildman–Crippen LogP) is 2.55. The third-order valence-corrected chi connectivity index (χ3v) is 5.25. The van der Waals surface area contributed by atoms with Gasteiger partial charge in [-0.3, -0.25) is 4.79 Å². The maximum atomic E-state index is 13.3. The van der Waals surface area contributed by atoms with Crippen LogP contribution in [0.2, 0.25) is 0 Å². The average molecular weight is 345 g/mol. The van der Waals surface area contributed by atoms with E-state index in [9.17, 15) is 14.4 Å². The molecule has 2 saturated heterocycles. The van der Waals surface area contributed by atoms with Crippen LogP contribution in [0.4, 0.5) is 10.1 Å². The van der Waals surface area contributed by atoms with Gasteiger partial charge in [0, 0.05) is 27.2 Å². The summed E-state index contributed by atoms with van der Waals surface area (Å²) in [6, 6.07) is 6.46. The molecule has 25 heavy (non-hydrogen) atoms. The highest BCUT2D eigenvalue weighted by Gasteiger charge is 2.37. The van der Waals surface area contributed by atoms with E-state index in [2.05, 4.69) is 11.0 Å². The minimum Gasteiger partial charge on any atom is -0.370 e. The lowest BCUT2D eigenvalue weighted by Gasteiger charge is -2.36. The molecule has 1 aromatic rings. The summed E-state index contributed by atoms with van der Waals surface area (Å²) in [4.78, 5) is 15.8. The molecule has 0 N–H and O–H groups in total. The second-order valence-corrected chi connectivity index (χ2v) is 7.07. The van der Waals surface area contributed by atoms with Gasteiger partial charge in [-0.2, -0.15) is 5.26 Å². The minimum atomic E-state index is -0.383. The lowest BCUT2D eigenvalue weighted by Crippen LogP contribution is -2.39. The third-order valence-electron chi connectivity index (χ3n) is 5.25. The third kappa shape index (κ3) is 3.77. The Balaban J connectivity index is 1.58. The molecular formula is C19H24FN3O2. The second kappa shape index (κ2) is 7.40. The van der Waals surface area contributed by atoms with E-state index in [0.29, 0.717) is 11.5 Å². The number of ether oxygens (including phenoxy) is 1. The zero-order valence-corrected chi connectivity index (χ0v) is 14.7. The monoisotopic (exact) mass is 345 g/mol. The molecule has 2 aliphatic heterocycles. The Labute approximate surface area is 148 Å². The van der Waals surface area contributed by atoms with E-state index in [-0.39, 0.29) is 23.9 Å². The molecule has 0 saturated carbocycles. The maximum Gasteiger partial charge on any atom is 0.251 e. The van der Waals surface area contributed by atoms with Crippen LogP contribution in [0.15, 0.2) is 18.2 Å². The number of likely N-dealkylation sites (N-methyl/N-ethyl adjacent to an activating group) is 1. The highest BCUT2D eigenvalue weighted by atomic mass is 19.1. The number of piperidine rings is 1. The fourth-order valence-electron chi connectivity index (χ4n) is 3.86. The molecule has 1 aromatic carbocycles. The number of rotatable bonds is 3. The Bertz CT molecular complexity index is 678. The highest BCUT2D eigenvalue weighted by molar-refractivity contribution is 5.80. The van der Waals surface area contributed by atoms with Crippen LogP contribution < -0.4 is 4.90 Å². The molecule has 3 rings (SSSR count). The van der Waals surface area contributed by atoms with E-state index >= 15 is 0 Å². The maximum absolute atomic E-state index is 13.3. The molecule has 0 aromatic heterocycles. The van der Waals surface area contributed by atoms with Gasteiger partial charge < -0.3 is 14.5 Å². The van der Waals surface area contributed by atoms with Gasteiger partial charge in [0.1, 0.15) is 18.0 Å².